The minimum Gasteiger partial charge on any atom is -0.369 e. The molecule has 0 radical (unpaired) electrons. The standard InChI is InChI=1S/C22H27FN4O2/c1-3-8-27-15-20(21(28)18-13-24(2)14-19(18)22(27)29)26-11-9-25(10-12-26)17-6-4-16(23)5-7-17/h4-7,13-14,20H,3,8-12,15H2,1-2H3. The molecule has 7 heteroatoms. The summed E-state index contributed by atoms with van der Waals surface area (Å²) in [6.07, 6.45) is 4.38. The Kier molecular flexibility index (Phi) is 5.41. The van der Waals surface area contributed by atoms with Crippen molar-refractivity contribution in [2.45, 2.75) is 19.4 Å². The van der Waals surface area contributed by atoms with Crippen molar-refractivity contribution in [2.24, 2.45) is 7.05 Å². The molecule has 1 fully saturated rings. The maximum atomic E-state index is 13.3. The van der Waals surface area contributed by atoms with Crippen LogP contribution in [0.15, 0.2) is 36.7 Å². The molecule has 2 aromatic rings. The number of aryl methyl sites for hydroxylation is 1. The first kappa shape index (κ1) is 19.6. The Morgan fingerprint density at radius 1 is 1.00 bits per heavy atom. The maximum absolute atomic E-state index is 13.3. The number of rotatable bonds is 4. The van der Waals surface area contributed by atoms with E-state index in [1.165, 1.54) is 12.1 Å². The average molecular weight is 398 g/mol. The van der Waals surface area contributed by atoms with Gasteiger partial charge in [-0.15, -0.1) is 0 Å². The van der Waals surface area contributed by atoms with Crippen LogP contribution >= 0.6 is 0 Å². The number of halogens is 1. The van der Waals surface area contributed by atoms with Crippen molar-refractivity contribution in [2.75, 3.05) is 44.2 Å². The first-order valence-electron chi connectivity index (χ1n) is 10.2. The predicted molar refractivity (Wildman–Crippen MR) is 110 cm³/mol. The lowest BCUT2D eigenvalue weighted by atomic mass is 10.0. The second-order valence-corrected chi connectivity index (χ2v) is 7.88. The molecular formula is C22H27FN4O2. The fourth-order valence-corrected chi connectivity index (χ4v) is 4.36. The van der Waals surface area contributed by atoms with Gasteiger partial charge in [0.1, 0.15) is 5.82 Å². The number of hydrogen-bond donors (Lipinski definition) is 0. The van der Waals surface area contributed by atoms with Gasteiger partial charge in [-0.2, -0.15) is 0 Å². The number of carbonyl (C=O) groups excluding carboxylic acids is 2. The zero-order valence-electron chi connectivity index (χ0n) is 17.0. The van der Waals surface area contributed by atoms with Gasteiger partial charge in [-0.3, -0.25) is 14.5 Å². The number of ketones is 1. The number of aromatic nitrogens is 1. The molecule has 0 saturated carbocycles. The van der Waals surface area contributed by atoms with Crippen molar-refractivity contribution in [1.29, 1.82) is 0 Å². The Labute approximate surface area is 170 Å². The fraction of sp³-hybridized carbons (Fsp3) is 0.455. The van der Waals surface area contributed by atoms with Crippen molar-refractivity contribution in [3.8, 4) is 0 Å². The van der Waals surface area contributed by atoms with Crippen LogP contribution in [0.25, 0.3) is 0 Å². The number of amides is 1. The van der Waals surface area contributed by atoms with Crippen LogP contribution in [0.3, 0.4) is 0 Å². The quantitative estimate of drug-likeness (QED) is 0.794. The van der Waals surface area contributed by atoms with E-state index < -0.39 is 0 Å². The Morgan fingerprint density at radius 3 is 2.31 bits per heavy atom. The van der Waals surface area contributed by atoms with Crippen molar-refractivity contribution >= 4 is 17.4 Å². The van der Waals surface area contributed by atoms with E-state index in [2.05, 4.69) is 9.80 Å². The van der Waals surface area contributed by atoms with Crippen LogP contribution < -0.4 is 4.90 Å². The highest BCUT2D eigenvalue weighted by molar-refractivity contribution is 6.11. The summed E-state index contributed by atoms with van der Waals surface area (Å²) in [4.78, 5) is 32.5. The van der Waals surface area contributed by atoms with Gasteiger partial charge in [0.25, 0.3) is 5.91 Å². The van der Waals surface area contributed by atoms with E-state index >= 15 is 0 Å². The fourth-order valence-electron chi connectivity index (χ4n) is 4.36. The zero-order chi connectivity index (χ0) is 20.5. The van der Waals surface area contributed by atoms with Crippen molar-refractivity contribution < 1.29 is 14.0 Å². The minimum absolute atomic E-state index is 0.0304. The number of carbonyl (C=O) groups is 2. The molecule has 1 amide bonds. The highest BCUT2D eigenvalue weighted by Gasteiger charge is 2.38. The van der Waals surface area contributed by atoms with E-state index in [1.807, 2.05) is 18.9 Å². The Hall–Kier alpha value is -2.67. The van der Waals surface area contributed by atoms with Gasteiger partial charge in [0.15, 0.2) is 5.78 Å². The maximum Gasteiger partial charge on any atom is 0.256 e. The molecule has 0 bridgehead atoms. The van der Waals surface area contributed by atoms with Gasteiger partial charge >= 0.3 is 0 Å². The summed E-state index contributed by atoms with van der Waals surface area (Å²) in [5, 5.41) is 0. The summed E-state index contributed by atoms with van der Waals surface area (Å²) in [5.41, 5.74) is 2.03. The predicted octanol–water partition coefficient (Wildman–Crippen LogP) is 2.40. The van der Waals surface area contributed by atoms with Crippen LogP contribution in [0, 0.1) is 5.82 Å². The lowest BCUT2D eigenvalue weighted by Gasteiger charge is -2.40. The summed E-state index contributed by atoms with van der Waals surface area (Å²) < 4.78 is 15.0. The molecular weight excluding hydrogens is 371 g/mol. The molecule has 1 aromatic carbocycles. The largest absolute Gasteiger partial charge is 0.369 e. The number of fused-ring (bicyclic) bond motifs is 1. The van der Waals surface area contributed by atoms with Crippen molar-refractivity contribution in [3.05, 3.63) is 53.6 Å². The molecule has 1 atom stereocenters. The van der Waals surface area contributed by atoms with Gasteiger partial charge in [-0.05, 0) is 30.7 Å². The van der Waals surface area contributed by atoms with Crippen LogP contribution in [0.4, 0.5) is 10.1 Å². The van der Waals surface area contributed by atoms with Gasteiger partial charge in [0.05, 0.1) is 11.6 Å². The van der Waals surface area contributed by atoms with Crippen LogP contribution in [0.2, 0.25) is 0 Å². The zero-order valence-corrected chi connectivity index (χ0v) is 17.0. The number of hydrogen-bond acceptors (Lipinski definition) is 4. The molecule has 1 saturated heterocycles. The Morgan fingerprint density at radius 2 is 1.66 bits per heavy atom. The van der Waals surface area contributed by atoms with E-state index in [0.29, 0.717) is 24.2 Å². The summed E-state index contributed by atoms with van der Waals surface area (Å²) in [5.74, 6) is -0.262. The topological polar surface area (TPSA) is 48.8 Å². The summed E-state index contributed by atoms with van der Waals surface area (Å²) in [6.45, 7) is 6.10. The molecule has 1 aromatic heterocycles. The SMILES string of the molecule is CCCN1CC(N2CCN(c3ccc(F)cc3)CC2)C(=O)c2cn(C)cc2C1=O. The number of Topliss-reactive ketones (excluding diaryl/α,β-unsaturated/α-hetero) is 1. The lowest BCUT2D eigenvalue weighted by Crippen LogP contribution is -2.55. The molecule has 0 spiro atoms. The highest BCUT2D eigenvalue weighted by Crippen LogP contribution is 2.25. The lowest BCUT2D eigenvalue weighted by molar-refractivity contribution is 0.0642. The van der Waals surface area contributed by atoms with E-state index in [1.54, 1.807) is 29.1 Å². The third kappa shape index (κ3) is 3.79. The molecule has 1 unspecified atom stereocenters. The van der Waals surface area contributed by atoms with Crippen molar-refractivity contribution in [3.63, 3.8) is 0 Å². The highest BCUT2D eigenvalue weighted by atomic mass is 19.1. The molecule has 6 nitrogen and oxygen atoms in total. The third-order valence-electron chi connectivity index (χ3n) is 5.88. The first-order chi connectivity index (χ1) is 14.0. The van der Waals surface area contributed by atoms with E-state index in [-0.39, 0.29) is 23.5 Å². The number of benzene rings is 1. The van der Waals surface area contributed by atoms with Gasteiger partial charge in [-0.25, -0.2) is 4.39 Å². The monoisotopic (exact) mass is 398 g/mol. The molecule has 0 aliphatic carbocycles. The summed E-state index contributed by atoms with van der Waals surface area (Å²) in [7, 11) is 1.84. The molecule has 4 rings (SSSR count). The van der Waals surface area contributed by atoms with Gasteiger partial charge in [0, 0.05) is 70.0 Å². The second-order valence-electron chi connectivity index (χ2n) is 7.88. The van der Waals surface area contributed by atoms with E-state index in [9.17, 15) is 14.0 Å². The number of nitrogens with zero attached hydrogens (tertiary/aromatic N) is 4. The Bertz CT molecular complexity index is 900. The van der Waals surface area contributed by atoms with E-state index in [0.717, 1.165) is 38.3 Å². The number of piperazine rings is 1. The smallest absolute Gasteiger partial charge is 0.256 e. The second kappa shape index (κ2) is 7.99. The normalized spacial score (nSPS) is 20.7. The Balaban J connectivity index is 1.53. The van der Waals surface area contributed by atoms with E-state index in [4.69, 9.17) is 0 Å². The molecule has 0 N–H and O–H groups in total. The third-order valence-corrected chi connectivity index (χ3v) is 5.88. The molecule has 2 aliphatic heterocycles. The van der Waals surface area contributed by atoms with Crippen molar-refractivity contribution in [1.82, 2.24) is 14.4 Å². The molecule has 154 valence electrons. The van der Waals surface area contributed by atoms with Crippen LogP contribution in [0.5, 0.6) is 0 Å². The first-order valence-corrected chi connectivity index (χ1v) is 10.2. The van der Waals surface area contributed by atoms with Crippen LogP contribution in [-0.4, -0.2) is 71.4 Å². The van der Waals surface area contributed by atoms with Gasteiger partial charge in [0.2, 0.25) is 0 Å². The van der Waals surface area contributed by atoms with Gasteiger partial charge < -0.3 is 14.4 Å². The van der Waals surface area contributed by atoms with Gasteiger partial charge in [-0.1, -0.05) is 6.92 Å². The molecule has 29 heavy (non-hydrogen) atoms. The van der Waals surface area contributed by atoms with Crippen LogP contribution in [0.1, 0.15) is 34.1 Å². The molecule has 3 heterocycles. The van der Waals surface area contributed by atoms with Crippen LogP contribution in [-0.2, 0) is 7.05 Å². The molecule has 2 aliphatic rings. The summed E-state index contributed by atoms with van der Waals surface area (Å²) in [6, 6.07) is 6.20. The summed E-state index contributed by atoms with van der Waals surface area (Å²) >= 11 is 0. The number of anilines is 1. The average Bonchev–Trinajstić information content (AvgIpc) is 3.09. The minimum atomic E-state index is -0.329.